The quantitative estimate of drug-likeness (QED) is 0.0271. The van der Waals surface area contributed by atoms with Crippen LogP contribution in [-0.2, 0) is 56.6 Å². The molecule has 16 N–H and O–H groups in total. The van der Waals surface area contributed by atoms with Crippen molar-refractivity contribution in [2.24, 2.45) is 0 Å². The first-order valence-electron chi connectivity index (χ1n) is 27.3. The molecule has 34 nitrogen and oxygen atoms in total. The summed E-state index contributed by atoms with van der Waals surface area (Å²) in [6.07, 6.45) is -3.27. The number of unbranched alkanes of at least 4 members (excludes halogenated alkanes) is 2. The highest BCUT2D eigenvalue weighted by molar-refractivity contribution is 7.75. The summed E-state index contributed by atoms with van der Waals surface area (Å²) in [5, 5.41) is 68.3. The van der Waals surface area contributed by atoms with Gasteiger partial charge < -0.3 is 91.9 Å². The summed E-state index contributed by atoms with van der Waals surface area (Å²) >= 11 is 0. The zero-order chi connectivity index (χ0) is 63.3. The first-order valence-corrected chi connectivity index (χ1v) is 35.4. The molecule has 2 aliphatic heterocycles. The van der Waals surface area contributed by atoms with Crippen LogP contribution >= 0.6 is 29.5 Å². The van der Waals surface area contributed by atoms with Gasteiger partial charge >= 0.3 is 47.9 Å². The van der Waals surface area contributed by atoms with E-state index in [1.807, 2.05) is 10.6 Å². The highest BCUT2D eigenvalue weighted by Crippen LogP contribution is 2.58. The Kier molecular flexibility index (Phi) is 33.4. The smallest absolute Gasteiger partial charge is 0.326 e. The van der Waals surface area contributed by atoms with E-state index in [9.17, 15) is 106 Å². The van der Waals surface area contributed by atoms with Gasteiger partial charge in [0.25, 0.3) is 0 Å². The Hall–Kier alpha value is -5.10. The minimum Gasteiger partial charge on any atom is -0.481 e. The van der Waals surface area contributed by atoms with E-state index in [4.69, 9.17) is 10.2 Å². The van der Waals surface area contributed by atoms with E-state index in [1.165, 1.54) is 0 Å². The molecule has 2 saturated heterocycles. The molecule has 0 aliphatic carbocycles. The number of fused-ring (bicyclic) bond motifs is 3. The molecule has 0 aromatic heterocycles. The van der Waals surface area contributed by atoms with Crippen molar-refractivity contribution in [3.05, 3.63) is 0 Å². The van der Waals surface area contributed by atoms with E-state index in [0.29, 0.717) is 78.3 Å². The molecule has 2 rings (SSSR count). The lowest BCUT2D eigenvalue weighted by Crippen LogP contribution is -2.51. The molecule has 10 atom stereocenters. The normalized spacial score (nSPS) is 20.6. The van der Waals surface area contributed by atoms with Crippen LogP contribution in [-0.4, -0.2) is 269 Å². The number of carbonyl (C=O) groups is 10. The number of amides is 6. The minimum atomic E-state index is -4.30. The summed E-state index contributed by atoms with van der Waals surface area (Å²) in [6, 6.07) is -8.33. The maximum atomic E-state index is 13.5. The zero-order valence-corrected chi connectivity index (χ0v) is 50.3. The molecule has 0 aromatic carbocycles. The summed E-state index contributed by atoms with van der Waals surface area (Å²) in [5.41, 5.74) is 0. The molecule has 0 saturated carbocycles. The minimum absolute atomic E-state index is 0.0162. The number of hydrogen-bond acceptors (Lipinski definition) is 18. The molecule has 84 heavy (non-hydrogen) atoms. The maximum absolute atomic E-state index is 13.5. The molecule has 38 heteroatoms. The number of aliphatic carboxylic acids is 6. The number of carboxylic acids is 6. The molecule has 6 amide bonds. The largest absolute Gasteiger partial charge is 0.481 e. The van der Waals surface area contributed by atoms with Crippen molar-refractivity contribution in [1.29, 1.82) is 0 Å². The van der Waals surface area contributed by atoms with Gasteiger partial charge in [0, 0.05) is 90.4 Å². The summed E-state index contributed by atoms with van der Waals surface area (Å²) in [5.74, 6) is -11.6. The summed E-state index contributed by atoms with van der Waals surface area (Å²) in [6.45, 7) is 4.68. The molecule has 0 spiro atoms. The van der Waals surface area contributed by atoms with E-state index in [2.05, 4.69) is 31.1 Å². The van der Waals surface area contributed by atoms with Crippen molar-refractivity contribution in [3.63, 3.8) is 0 Å². The molecular formula is C46H84N10O24P4. The molecule has 0 radical (unpaired) electrons. The second kappa shape index (κ2) is 37.5. The van der Waals surface area contributed by atoms with Crippen molar-refractivity contribution in [1.82, 2.24) is 51.5 Å². The Bertz CT molecular complexity index is 2280. The number of urea groups is 2. The van der Waals surface area contributed by atoms with Crippen molar-refractivity contribution >= 4 is 89.2 Å². The van der Waals surface area contributed by atoms with Crippen LogP contribution in [0.4, 0.5) is 9.59 Å². The first kappa shape index (κ1) is 75.0. The topological polar surface area (TPSA) is 526 Å². The number of nitrogens with zero attached hydrogens (tertiary/aromatic N) is 4. The van der Waals surface area contributed by atoms with Crippen LogP contribution in [0, 0.1) is 0 Å². The van der Waals surface area contributed by atoms with Gasteiger partial charge in [0.05, 0.1) is 12.6 Å². The molecule has 2 fully saturated rings. The van der Waals surface area contributed by atoms with Crippen molar-refractivity contribution in [2.75, 3.05) is 115 Å². The van der Waals surface area contributed by atoms with E-state index in [0.717, 1.165) is 0 Å². The average molecular weight is 1290 g/mol. The molecule has 482 valence electrons. The second-order valence-corrected chi connectivity index (χ2v) is 31.4. The van der Waals surface area contributed by atoms with Gasteiger partial charge in [-0.2, -0.15) is 0 Å². The maximum Gasteiger partial charge on any atom is 0.326 e. The average Bonchev–Trinajstić information content (AvgIpc) is 3.59. The van der Waals surface area contributed by atoms with Gasteiger partial charge in [-0.1, -0.05) is 0 Å². The van der Waals surface area contributed by atoms with E-state index >= 15 is 0 Å². The highest BCUT2D eigenvalue weighted by Gasteiger charge is 2.36. The highest BCUT2D eigenvalue weighted by atomic mass is 31.2. The summed E-state index contributed by atoms with van der Waals surface area (Å²) in [7, 11) is -17.1. The van der Waals surface area contributed by atoms with E-state index < -0.39 is 176 Å². The fraction of sp³-hybridized carbons (Fsp3) is 0.783. The lowest BCUT2D eigenvalue weighted by Gasteiger charge is -2.36. The fourth-order valence-corrected chi connectivity index (χ4v) is 19.3. The predicted molar refractivity (Wildman–Crippen MR) is 299 cm³/mol. The molecule has 2 bridgehead atoms. The monoisotopic (exact) mass is 1280 g/mol. The first-order chi connectivity index (χ1) is 39.1. The van der Waals surface area contributed by atoms with Crippen LogP contribution in [0.2, 0.25) is 0 Å². The fourth-order valence-electron chi connectivity index (χ4n) is 9.02. The van der Waals surface area contributed by atoms with E-state index in [1.54, 1.807) is 9.80 Å². The van der Waals surface area contributed by atoms with Gasteiger partial charge in [-0.05, 0) is 90.4 Å². The van der Waals surface area contributed by atoms with Gasteiger partial charge in [0.15, 0.2) is 0 Å². The third-order valence-corrected chi connectivity index (χ3v) is 24.0. The SMILES string of the molecule is O=C(O)CCC(NC(=O)N[C@@H](CCCCNC(=O)CCP(=O)(O)CP(=O)(O)CN1CCCN2CCN(CCCN(CP(=O)(O)CP(=O)(O)CCC(=O)NCCCC[C@H](NC(=O)NC(CCC(=O)O)C(=O)O)C(=O)O)CC2)CC1)C(=O)O)C(=O)O. The molecule has 0 aromatic rings. The zero-order valence-electron chi connectivity index (χ0n) is 46.7. The Balaban J connectivity index is 1.79. The molecule has 2 heterocycles. The Morgan fingerprint density at radius 1 is 0.381 bits per heavy atom. The number of hydrogen-bond donors (Lipinski definition) is 16. The Morgan fingerprint density at radius 2 is 0.690 bits per heavy atom. The standard InChI is InChI=1S/C46H84N10O24P4/c57-37(47-15-3-1-7-33(41(63)64)49-45(71)51-35(43(67)68)9-11-39(59)60)13-27-81(73,74)31-83(77,78)29-55-19-5-17-54-22-21-53(23-25-55)18-6-20-56(26-24-54)30-84(79,80)32-82(75,76)28-14-38(58)48-16-4-2-8-34(42(65)66)50-46(72)52-36(44(69)70)10-12-40(61)62/h33-36H,1-32H2,(H,47,57)(H,48,58)(H,59,60)(H,61,62)(H,63,64)(H,65,66)(H,67,68)(H,69,70)(H,73,74)(H,75,76)(H,77,78)(H,79,80)(H2,49,51,71)(H2,50,52,72)/t33-,34-,35?,36?/m0/s1. The summed E-state index contributed by atoms with van der Waals surface area (Å²) in [4.78, 5) is 168. The summed E-state index contributed by atoms with van der Waals surface area (Å²) < 4.78 is 53.3. The molecular weight excluding hydrogens is 1200 g/mol. The van der Waals surface area contributed by atoms with Gasteiger partial charge in [-0.25, -0.2) is 28.8 Å². The van der Waals surface area contributed by atoms with Crippen LogP contribution in [0.25, 0.3) is 0 Å². The molecule has 8 unspecified atom stereocenters. The van der Waals surface area contributed by atoms with Gasteiger partial charge in [0.2, 0.25) is 41.3 Å². The lowest BCUT2D eigenvalue weighted by atomic mass is 10.1. The number of nitrogens with one attached hydrogen (secondary N) is 6. The van der Waals surface area contributed by atoms with Crippen molar-refractivity contribution < 1.29 is 116 Å². The van der Waals surface area contributed by atoms with Crippen LogP contribution in [0.15, 0.2) is 0 Å². The third-order valence-electron chi connectivity index (χ3n) is 13.4. The van der Waals surface area contributed by atoms with Crippen LogP contribution in [0.1, 0.15) is 89.9 Å². The van der Waals surface area contributed by atoms with Crippen LogP contribution < -0.4 is 31.9 Å². The van der Waals surface area contributed by atoms with Crippen LogP contribution in [0.5, 0.6) is 0 Å². The van der Waals surface area contributed by atoms with E-state index in [-0.39, 0.29) is 64.2 Å². The number of carboxylic acid groups (broad SMARTS) is 6. The molecule has 2 aliphatic rings. The van der Waals surface area contributed by atoms with Gasteiger partial charge in [0.1, 0.15) is 36.0 Å². The van der Waals surface area contributed by atoms with Gasteiger partial charge in [-0.15, -0.1) is 0 Å². The predicted octanol–water partition coefficient (Wildman–Crippen LogP) is -0.593. The van der Waals surface area contributed by atoms with Crippen LogP contribution in [0.3, 0.4) is 0 Å². The number of carbonyl (C=O) groups excluding carboxylic acids is 4. The Morgan fingerprint density at radius 3 is 1.00 bits per heavy atom. The Labute approximate surface area is 485 Å². The van der Waals surface area contributed by atoms with Gasteiger partial charge in [-0.3, -0.25) is 47.2 Å². The van der Waals surface area contributed by atoms with Crippen molar-refractivity contribution in [3.8, 4) is 0 Å². The second-order valence-electron chi connectivity index (χ2n) is 20.9. The third kappa shape index (κ3) is 34.1. The lowest BCUT2D eigenvalue weighted by molar-refractivity contribution is -0.142. The van der Waals surface area contributed by atoms with Crippen molar-refractivity contribution in [2.45, 2.75) is 114 Å². The number of rotatable bonds is 38.